The van der Waals surface area contributed by atoms with Crippen molar-refractivity contribution in [2.75, 3.05) is 0 Å². The van der Waals surface area contributed by atoms with Crippen molar-refractivity contribution in [2.24, 2.45) is 5.41 Å². The Kier molecular flexibility index (Phi) is 4.26. The smallest absolute Gasteiger partial charge is 0.318 e. The van der Waals surface area contributed by atoms with E-state index in [2.05, 4.69) is 5.10 Å². The molecule has 1 heterocycles. The second-order valence-corrected chi connectivity index (χ2v) is 6.94. The number of fused-ring (bicyclic) bond motifs is 1. The monoisotopic (exact) mass is 362 g/mol. The van der Waals surface area contributed by atoms with Gasteiger partial charge in [0.25, 0.3) is 0 Å². The molecule has 0 saturated carbocycles. The Morgan fingerprint density at radius 3 is 2.19 bits per heavy atom. The zero-order chi connectivity index (χ0) is 19.1. The van der Waals surface area contributed by atoms with E-state index < -0.39 is 23.1 Å². The maximum atomic E-state index is 12.8. The molecule has 0 radical (unpaired) electrons. The number of carbonyl (C=O) groups excluding carboxylic acids is 1. The summed E-state index contributed by atoms with van der Waals surface area (Å²) >= 11 is 0. The van der Waals surface area contributed by atoms with E-state index in [1.165, 1.54) is 12.1 Å². The number of carbonyl (C=O) groups is 1. The molecule has 4 nitrogen and oxygen atoms in total. The van der Waals surface area contributed by atoms with E-state index in [4.69, 9.17) is 4.84 Å². The van der Waals surface area contributed by atoms with Crippen LogP contribution in [0.5, 0.6) is 0 Å². The molecular formula is C19H17F3N2O2. The van der Waals surface area contributed by atoms with Crippen molar-refractivity contribution < 1.29 is 22.8 Å². The second-order valence-electron chi connectivity index (χ2n) is 6.94. The molecule has 0 N–H and O–H groups in total. The van der Waals surface area contributed by atoms with Crippen molar-refractivity contribution >= 4 is 16.9 Å². The molecule has 0 amide bonds. The first-order valence-electron chi connectivity index (χ1n) is 7.95. The van der Waals surface area contributed by atoms with Crippen LogP contribution in [0, 0.1) is 5.41 Å². The third kappa shape index (κ3) is 3.42. The number of hydrogen-bond donors (Lipinski definition) is 0. The van der Waals surface area contributed by atoms with Crippen LogP contribution in [0.4, 0.5) is 13.2 Å². The molecule has 2 aromatic carbocycles. The van der Waals surface area contributed by atoms with E-state index in [1.54, 1.807) is 45.0 Å². The average Bonchev–Trinajstić information content (AvgIpc) is 2.92. The summed E-state index contributed by atoms with van der Waals surface area (Å²) in [5, 5.41) is 4.97. The minimum atomic E-state index is -4.40. The molecule has 0 spiro atoms. The normalized spacial score (nSPS) is 12.4. The molecule has 0 bridgehead atoms. The topological polar surface area (TPSA) is 44.1 Å². The van der Waals surface area contributed by atoms with Crippen LogP contribution in [0.3, 0.4) is 0 Å². The first-order valence-corrected chi connectivity index (χ1v) is 7.95. The van der Waals surface area contributed by atoms with E-state index in [0.29, 0.717) is 22.2 Å². The van der Waals surface area contributed by atoms with Crippen molar-refractivity contribution in [1.82, 2.24) is 9.94 Å². The molecule has 7 heteroatoms. The van der Waals surface area contributed by atoms with E-state index in [0.717, 1.165) is 17.0 Å². The Bertz CT molecular complexity index is 952. The zero-order valence-corrected chi connectivity index (χ0v) is 14.5. The summed E-state index contributed by atoms with van der Waals surface area (Å²) in [5.41, 5.74) is 0.0432. The summed E-state index contributed by atoms with van der Waals surface area (Å²) in [7, 11) is 0. The molecule has 136 valence electrons. The van der Waals surface area contributed by atoms with Crippen LogP contribution in [0.2, 0.25) is 0 Å². The molecule has 0 fully saturated rings. The number of benzene rings is 2. The number of nitrogens with zero attached hydrogens (tertiary/aromatic N) is 2. The lowest BCUT2D eigenvalue weighted by atomic mass is 9.98. The van der Waals surface area contributed by atoms with Crippen molar-refractivity contribution in [3.63, 3.8) is 0 Å². The van der Waals surface area contributed by atoms with Crippen LogP contribution in [-0.4, -0.2) is 15.9 Å². The third-order valence-electron chi connectivity index (χ3n) is 3.82. The van der Waals surface area contributed by atoms with Gasteiger partial charge in [0.2, 0.25) is 0 Å². The number of para-hydroxylation sites is 1. The fourth-order valence-electron chi connectivity index (χ4n) is 2.35. The third-order valence-corrected chi connectivity index (χ3v) is 3.82. The van der Waals surface area contributed by atoms with Gasteiger partial charge in [-0.05, 0) is 39.0 Å². The zero-order valence-electron chi connectivity index (χ0n) is 14.5. The van der Waals surface area contributed by atoms with Gasteiger partial charge in [0.1, 0.15) is 11.2 Å². The summed E-state index contributed by atoms with van der Waals surface area (Å²) in [4.78, 5) is 18.7. The summed E-state index contributed by atoms with van der Waals surface area (Å²) in [6, 6.07) is 11.8. The molecular weight excluding hydrogens is 345 g/mol. The largest absolute Gasteiger partial charge is 0.416 e. The van der Waals surface area contributed by atoms with Crippen molar-refractivity contribution in [1.29, 1.82) is 0 Å². The molecule has 0 aliphatic carbocycles. The fraction of sp³-hybridized carbons (Fsp3) is 0.263. The minimum Gasteiger partial charge on any atom is -0.318 e. The molecule has 0 saturated heterocycles. The maximum absolute atomic E-state index is 12.8. The number of halogens is 3. The Hall–Kier alpha value is -2.83. The standard InChI is InChI=1S/C19H17F3N2O2/c1-18(2,3)17(25)26-24-15-7-5-4-6-14(15)16(23-24)12-8-10-13(11-9-12)19(20,21)22/h4-11H,1-3H3. The van der Waals surface area contributed by atoms with Gasteiger partial charge in [-0.1, -0.05) is 35.2 Å². The van der Waals surface area contributed by atoms with Gasteiger partial charge in [-0.25, -0.2) is 4.79 Å². The Morgan fingerprint density at radius 1 is 1.00 bits per heavy atom. The van der Waals surface area contributed by atoms with E-state index in [9.17, 15) is 18.0 Å². The van der Waals surface area contributed by atoms with Crippen molar-refractivity contribution in [2.45, 2.75) is 26.9 Å². The van der Waals surface area contributed by atoms with Gasteiger partial charge >= 0.3 is 12.1 Å². The van der Waals surface area contributed by atoms with Gasteiger partial charge in [-0.2, -0.15) is 13.2 Å². The van der Waals surface area contributed by atoms with E-state index in [-0.39, 0.29) is 0 Å². The number of aromatic nitrogens is 2. The Balaban J connectivity index is 2.06. The van der Waals surface area contributed by atoms with Crippen LogP contribution in [-0.2, 0) is 11.0 Å². The minimum absolute atomic E-state index is 0.441. The molecule has 0 aliphatic heterocycles. The van der Waals surface area contributed by atoms with Gasteiger partial charge in [-0.15, -0.1) is 5.10 Å². The maximum Gasteiger partial charge on any atom is 0.416 e. The first-order chi connectivity index (χ1) is 12.1. The highest BCUT2D eigenvalue weighted by Crippen LogP contribution is 2.32. The molecule has 0 aliphatic rings. The van der Waals surface area contributed by atoms with Crippen LogP contribution >= 0.6 is 0 Å². The number of hydrogen-bond acceptors (Lipinski definition) is 3. The summed E-state index contributed by atoms with van der Waals surface area (Å²) in [6.07, 6.45) is -4.40. The number of rotatable bonds is 2. The lowest BCUT2D eigenvalue weighted by Gasteiger charge is -2.15. The summed E-state index contributed by atoms with van der Waals surface area (Å²) in [5.74, 6) is -0.468. The second kappa shape index (κ2) is 6.16. The van der Waals surface area contributed by atoms with Crippen LogP contribution < -0.4 is 4.84 Å². The number of alkyl halides is 3. The van der Waals surface area contributed by atoms with Gasteiger partial charge in [0.15, 0.2) is 0 Å². The van der Waals surface area contributed by atoms with E-state index >= 15 is 0 Å². The average molecular weight is 362 g/mol. The van der Waals surface area contributed by atoms with Crippen molar-refractivity contribution in [3.05, 3.63) is 54.1 Å². The molecule has 3 rings (SSSR count). The van der Waals surface area contributed by atoms with Crippen LogP contribution in [0.25, 0.3) is 22.2 Å². The van der Waals surface area contributed by atoms with Crippen LogP contribution in [0.1, 0.15) is 26.3 Å². The lowest BCUT2D eigenvalue weighted by molar-refractivity contribution is -0.154. The Labute approximate surface area is 148 Å². The molecule has 0 unspecified atom stereocenters. The molecule has 26 heavy (non-hydrogen) atoms. The lowest BCUT2D eigenvalue weighted by Crippen LogP contribution is -2.31. The van der Waals surface area contributed by atoms with Gasteiger partial charge in [-0.3, -0.25) is 0 Å². The van der Waals surface area contributed by atoms with E-state index in [1.807, 2.05) is 0 Å². The predicted molar refractivity (Wildman–Crippen MR) is 91.2 cm³/mol. The first kappa shape index (κ1) is 18.0. The molecule has 0 atom stereocenters. The fourth-order valence-corrected chi connectivity index (χ4v) is 2.35. The van der Waals surface area contributed by atoms with Gasteiger partial charge in [0.05, 0.1) is 11.0 Å². The highest BCUT2D eigenvalue weighted by Gasteiger charge is 2.30. The van der Waals surface area contributed by atoms with Crippen molar-refractivity contribution in [3.8, 4) is 11.3 Å². The quantitative estimate of drug-likeness (QED) is 0.662. The van der Waals surface area contributed by atoms with Gasteiger partial charge in [0, 0.05) is 10.9 Å². The SMILES string of the molecule is CC(C)(C)C(=O)On1nc(-c2ccc(C(F)(F)F)cc2)c2ccccc21. The highest BCUT2D eigenvalue weighted by atomic mass is 19.4. The summed E-state index contributed by atoms with van der Waals surface area (Å²) < 4.78 is 38.3. The highest BCUT2D eigenvalue weighted by molar-refractivity contribution is 5.93. The molecule has 3 aromatic rings. The summed E-state index contributed by atoms with van der Waals surface area (Å²) in [6.45, 7) is 5.16. The Morgan fingerprint density at radius 2 is 1.62 bits per heavy atom. The van der Waals surface area contributed by atoms with Gasteiger partial charge < -0.3 is 4.84 Å². The molecule has 1 aromatic heterocycles. The predicted octanol–water partition coefficient (Wildman–Crippen LogP) is 4.72. The van der Waals surface area contributed by atoms with Crippen LogP contribution in [0.15, 0.2) is 48.5 Å².